The molecule has 1 spiro atoms. The summed E-state index contributed by atoms with van der Waals surface area (Å²) in [4.78, 5) is 31.8. The van der Waals surface area contributed by atoms with Crippen LogP contribution in [0.5, 0.6) is 0 Å². The van der Waals surface area contributed by atoms with Crippen molar-refractivity contribution >= 4 is 18.0 Å². The minimum atomic E-state index is -0.632. The molecule has 4 rings (SSSR count). The molecule has 0 atom stereocenters. The number of hydrogen-bond acceptors (Lipinski definition) is 4. The Morgan fingerprint density at radius 3 is 2.37 bits per heavy atom. The zero-order chi connectivity index (χ0) is 21.0. The maximum absolute atomic E-state index is 13.1. The Kier molecular flexibility index (Phi) is 6.54. The lowest BCUT2D eigenvalue weighted by Crippen LogP contribution is -2.52. The summed E-state index contributed by atoms with van der Waals surface area (Å²) in [5.41, 5.74) is 0.587. The summed E-state index contributed by atoms with van der Waals surface area (Å²) in [6.07, 6.45) is 9.16. The molecule has 1 aromatic carbocycles. The van der Waals surface area contributed by atoms with Crippen LogP contribution < -0.4 is 5.32 Å². The van der Waals surface area contributed by atoms with E-state index in [4.69, 9.17) is 0 Å². The van der Waals surface area contributed by atoms with Crippen LogP contribution in [0, 0.1) is 5.92 Å². The highest BCUT2D eigenvalue weighted by Gasteiger charge is 2.52. The van der Waals surface area contributed by atoms with E-state index in [1.807, 2.05) is 18.2 Å². The largest absolute Gasteiger partial charge is 0.326 e. The smallest absolute Gasteiger partial charge is 0.323 e. The van der Waals surface area contributed by atoms with E-state index in [9.17, 15) is 9.59 Å². The lowest BCUT2D eigenvalue weighted by Gasteiger charge is -2.36. The Balaban J connectivity index is 1.24. The van der Waals surface area contributed by atoms with Crippen molar-refractivity contribution in [1.82, 2.24) is 20.0 Å². The van der Waals surface area contributed by atoms with Gasteiger partial charge >= 0.3 is 6.03 Å². The van der Waals surface area contributed by atoms with Crippen molar-refractivity contribution in [3.8, 4) is 0 Å². The second kappa shape index (κ2) is 9.31. The number of piperazine rings is 1. The van der Waals surface area contributed by atoms with Crippen molar-refractivity contribution in [1.29, 1.82) is 0 Å². The van der Waals surface area contributed by atoms with Gasteiger partial charge in [-0.1, -0.05) is 55.8 Å². The van der Waals surface area contributed by atoms with Gasteiger partial charge in [-0.2, -0.15) is 0 Å². The van der Waals surface area contributed by atoms with Gasteiger partial charge in [0, 0.05) is 32.7 Å². The van der Waals surface area contributed by atoms with Gasteiger partial charge in [-0.05, 0) is 37.2 Å². The lowest BCUT2D eigenvalue weighted by molar-refractivity contribution is -0.134. The molecule has 0 radical (unpaired) electrons. The van der Waals surface area contributed by atoms with Crippen molar-refractivity contribution in [2.45, 2.75) is 44.6 Å². The van der Waals surface area contributed by atoms with Gasteiger partial charge in [-0.25, -0.2) is 9.69 Å². The molecule has 0 aromatic heterocycles. The molecule has 6 heteroatoms. The molecule has 1 N–H and O–H groups in total. The van der Waals surface area contributed by atoms with Gasteiger partial charge in [0.2, 0.25) is 0 Å². The van der Waals surface area contributed by atoms with Gasteiger partial charge in [0.05, 0.1) is 6.67 Å². The van der Waals surface area contributed by atoms with Gasteiger partial charge in [-0.15, -0.1) is 0 Å². The molecule has 3 amide bonds. The number of urea groups is 1. The van der Waals surface area contributed by atoms with Gasteiger partial charge in [0.25, 0.3) is 5.91 Å². The first-order valence-electron chi connectivity index (χ1n) is 11.4. The quantitative estimate of drug-likeness (QED) is 0.732. The Hall–Kier alpha value is -2.18. The highest BCUT2D eigenvalue weighted by atomic mass is 16.2. The number of rotatable bonds is 6. The molecular weight excluding hydrogens is 376 g/mol. The Labute approximate surface area is 179 Å². The number of nitrogens with one attached hydrogen (secondary N) is 1. The Morgan fingerprint density at radius 1 is 1.03 bits per heavy atom. The highest BCUT2D eigenvalue weighted by molar-refractivity contribution is 6.07. The van der Waals surface area contributed by atoms with Crippen molar-refractivity contribution < 1.29 is 9.59 Å². The van der Waals surface area contributed by atoms with Crippen LogP contribution in [0.15, 0.2) is 36.4 Å². The van der Waals surface area contributed by atoms with E-state index in [0.717, 1.165) is 64.8 Å². The molecule has 2 heterocycles. The monoisotopic (exact) mass is 410 g/mol. The average Bonchev–Trinajstić information content (AvgIpc) is 3.00. The fourth-order valence-corrected chi connectivity index (χ4v) is 4.94. The second-order valence-electron chi connectivity index (χ2n) is 8.97. The van der Waals surface area contributed by atoms with Crippen LogP contribution in [0.1, 0.15) is 44.6 Å². The van der Waals surface area contributed by atoms with Gasteiger partial charge in [-0.3, -0.25) is 14.6 Å². The normalized spacial score (nSPS) is 28.6. The van der Waals surface area contributed by atoms with Crippen molar-refractivity contribution in [2.24, 2.45) is 5.92 Å². The molecular formula is C24H34N4O2. The van der Waals surface area contributed by atoms with Crippen LogP contribution in [-0.4, -0.2) is 71.6 Å². The van der Waals surface area contributed by atoms with Crippen molar-refractivity contribution in [3.63, 3.8) is 0 Å². The molecule has 1 aliphatic carbocycles. The molecule has 0 bridgehead atoms. The molecule has 2 saturated heterocycles. The fourth-order valence-electron chi connectivity index (χ4n) is 4.94. The first-order chi connectivity index (χ1) is 14.6. The Bertz CT molecular complexity index is 763. The van der Waals surface area contributed by atoms with E-state index < -0.39 is 5.54 Å². The van der Waals surface area contributed by atoms with E-state index in [1.165, 1.54) is 10.5 Å². The number of carbonyl (C=O) groups excluding carboxylic acids is 2. The average molecular weight is 411 g/mol. The highest BCUT2D eigenvalue weighted by Crippen LogP contribution is 2.37. The number of nitrogens with zero attached hydrogens (tertiary/aromatic N) is 3. The molecule has 1 aromatic rings. The number of benzene rings is 1. The molecule has 2 aliphatic heterocycles. The summed E-state index contributed by atoms with van der Waals surface area (Å²) in [5.74, 6) is 0.689. The predicted molar refractivity (Wildman–Crippen MR) is 119 cm³/mol. The summed E-state index contributed by atoms with van der Waals surface area (Å²) in [5, 5.41) is 3.05. The predicted octanol–water partition coefficient (Wildman–Crippen LogP) is 3.17. The number of carbonyl (C=O) groups is 2. The first-order valence-corrected chi connectivity index (χ1v) is 11.4. The van der Waals surface area contributed by atoms with Crippen LogP contribution in [0.4, 0.5) is 4.79 Å². The SMILES string of the molecule is CCC1CCC2(CC1)NC(=O)N(CN1CCN(C/C=C/c3ccccc3)CC1)C2=O. The van der Waals surface area contributed by atoms with E-state index in [2.05, 4.69) is 46.3 Å². The zero-order valence-corrected chi connectivity index (χ0v) is 18.1. The van der Waals surface area contributed by atoms with Crippen molar-refractivity contribution in [3.05, 3.63) is 42.0 Å². The third kappa shape index (κ3) is 4.60. The maximum atomic E-state index is 13.1. The van der Waals surface area contributed by atoms with E-state index in [1.54, 1.807) is 0 Å². The van der Waals surface area contributed by atoms with Gasteiger partial charge in [0.1, 0.15) is 5.54 Å². The first kappa shape index (κ1) is 21.1. The summed E-state index contributed by atoms with van der Waals surface area (Å²) >= 11 is 0. The molecule has 1 saturated carbocycles. The summed E-state index contributed by atoms with van der Waals surface area (Å²) < 4.78 is 0. The summed E-state index contributed by atoms with van der Waals surface area (Å²) in [6, 6.07) is 10.1. The summed E-state index contributed by atoms with van der Waals surface area (Å²) in [6.45, 7) is 7.20. The molecule has 30 heavy (non-hydrogen) atoms. The number of amides is 3. The van der Waals surface area contributed by atoms with E-state index in [-0.39, 0.29) is 11.9 Å². The zero-order valence-electron chi connectivity index (χ0n) is 18.1. The van der Waals surface area contributed by atoms with Gasteiger partial charge < -0.3 is 5.32 Å². The second-order valence-corrected chi connectivity index (χ2v) is 8.97. The minimum Gasteiger partial charge on any atom is -0.323 e. The molecule has 0 unspecified atom stereocenters. The van der Waals surface area contributed by atoms with Crippen LogP contribution >= 0.6 is 0 Å². The third-order valence-corrected chi connectivity index (χ3v) is 7.06. The topological polar surface area (TPSA) is 55.9 Å². The number of hydrogen-bond donors (Lipinski definition) is 1. The summed E-state index contributed by atoms with van der Waals surface area (Å²) in [7, 11) is 0. The molecule has 3 fully saturated rings. The molecule has 3 aliphatic rings. The van der Waals surface area contributed by atoms with Crippen LogP contribution in [0.3, 0.4) is 0 Å². The van der Waals surface area contributed by atoms with Crippen LogP contribution in [0.2, 0.25) is 0 Å². The standard InChI is InChI=1S/C24H34N4O2/c1-2-20-10-12-24(13-11-20)22(29)28(23(30)25-24)19-27-17-15-26(16-18-27)14-6-9-21-7-4-3-5-8-21/h3-9,20H,2,10-19H2,1H3,(H,25,30)/b9-6+. The molecule has 162 valence electrons. The fraction of sp³-hybridized carbons (Fsp3) is 0.583. The molecule has 6 nitrogen and oxygen atoms in total. The van der Waals surface area contributed by atoms with Gasteiger partial charge in [0.15, 0.2) is 0 Å². The maximum Gasteiger partial charge on any atom is 0.326 e. The third-order valence-electron chi connectivity index (χ3n) is 7.06. The van der Waals surface area contributed by atoms with Crippen LogP contribution in [0.25, 0.3) is 6.08 Å². The Morgan fingerprint density at radius 2 is 1.70 bits per heavy atom. The number of imide groups is 1. The minimum absolute atomic E-state index is 0.00437. The lowest BCUT2D eigenvalue weighted by atomic mass is 9.75. The van der Waals surface area contributed by atoms with E-state index in [0.29, 0.717) is 12.6 Å². The van der Waals surface area contributed by atoms with E-state index >= 15 is 0 Å². The van der Waals surface area contributed by atoms with Crippen molar-refractivity contribution in [2.75, 3.05) is 39.4 Å². The van der Waals surface area contributed by atoms with Crippen LogP contribution in [-0.2, 0) is 4.79 Å².